The van der Waals surface area contributed by atoms with Crippen LogP contribution in [0, 0.1) is 0 Å². The van der Waals surface area contributed by atoms with Crippen LogP contribution < -0.4 is 11.5 Å². The number of nitrogen functional groups attached to an aromatic ring is 1. The highest BCUT2D eigenvalue weighted by Gasteiger charge is 2.33. The number of nitrogens with two attached hydrogens (primary N) is 2. The predicted molar refractivity (Wildman–Crippen MR) is 52.2 cm³/mol. The first-order valence-corrected chi connectivity index (χ1v) is 4.09. The van der Waals surface area contributed by atoms with E-state index in [2.05, 4.69) is 9.72 Å². The minimum absolute atomic E-state index is 0.322. The first-order valence-electron chi connectivity index (χ1n) is 4.09. The number of carbonyl (C=O) groups excluding carboxylic acids is 1. The maximum absolute atomic E-state index is 11.3. The fourth-order valence-corrected chi connectivity index (χ4v) is 1.06. The molecule has 5 nitrogen and oxygen atoms in total. The summed E-state index contributed by atoms with van der Waals surface area (Å²) in [7, 11) is 1.28. The van der Waals surface area contributed by atoms with Gasteiger partial charge in [-0.3, -0.25) is 0 Å². The van der Waals surface area contributed by atoms with Crippen molar-refractivity contribution in [3.63, 3.8) is 0 Å². The molecule has 0 radical (unpaired) electrons. The van der Waals surface area contributed by atoms with Crippen LogP contribution in [0.25, 0.3) is 0 Å². The minimum atomic E-state index is -1.26. The van der Waals surface area contributed by atoms with Crippen molar-refractivity contribution in [3.05, 3.63) is 23.9 Å². The van der Waals surface area contributed by atoms with Crippen molar-refractivity contribution in [2.45, 2.75) is 12.5 Å². The van der Waals surface area contributed by atoms with Crippen LogP contribution in [0.1, 0.15) is 12.6 Å². The van der Waals surface area contributed by atoms with E-state index in [1.165, 1.54) is 14.0 Å². The average Bonchev–Trinajstić information content (AvgIpc) is 2.16. The molecule has 0 fully saturated rings. The van der Waals surface area contributed by atoms with Gasteiger partial charge in [-0.05, 0) is 19.1 Å². The van der Waals surface area contributed by atoms with E-state index in [1.54, 1.807) is 18.2 Å². The first kappa shape index (κ1) is 10.5. The zero-order valence-electron chi connectivity index (χ0n) is 8.15. The SMILES string of the molecule is COC(=O)C(C)(N)c1cccc(N)n1. The number of ether oxygens (including phenoxy) is 1. The Morgan fingerprint density at radius 2 is 2.21 bits per heavy atom. The lowest BCUT2D eigenvalue weighted by atomic mass is 9.99. The van der Waals surface area contributed by atoms with Crippen LogP contribution in [-0.4, -0.2) is 18.1 Å². The summed E-state index contributed by atoms with van der Waals surface area (Å²) < 4.78 is 4.56. The van der Waals surface area contributed by atoms with E-state index < -0.39 is 11.5 Å². The van der Waals surface area contributed by atoms with E-state index in [1.807, 2.05) is 0 Å². The Labute approximate surface area is 82.1 Å². The van der Waals surface area contributed by atoms with Gasteiger partial charge < -0.3 is 16.2 Å². The molecule has 0 spiro atoms. The van der Waals surface area contributed by atoms with Gasteiger partial charge in [-0.15, -0.1) is 0 Å². The second-order valence-corrected chi connectivity index (χ2v) is 3.14. The van der Waals surface area contributed by atoms with Gasteiger partial charge in [0.15, 0.2) is 5.54 Å². The van der Waals surface area contributed by atoms with Gasteiger partial charge in [0.1, 0.15) is 5.82 Å². The number of hydrogen-bond donors (Lipinski definition) is 2. The van der Waals surface area contributed by atoms with Crippen molar-refractivity contribution in [3.8, 4) is 0 Å². The largest absolute Gasteiger partial charge is 0.467 e. The molecule has 1 atom stereocenters. The standard InChI is InChI=1S/C9H13N3O2/c1-9(11,8(13)14-2)6-4-3-5-7(10)12-6/h3-5H,11H2,1-2H3,(H2,10,12). The molecule has 1 aromatic rings. The predicted octanol–water partition coefficient (Wildman–Crippen LogP) is 0.0107. The van der Waals surface area contributed by atoms with Crippen LogP contribution in [0.4, 0.5) is 5.82 Å². The zero-order valence-corrected chi connectivity index (χ0v) is 8.15. The molecule has 0 saturated heterocycles. The smallest absolute Gasteiger partial charge is 0.331 e. The van der Waals surface area contributed by atoms with Gasteiger partial charge in [-0.1, -0.05) is 6.07 Å². The summed E-state index contributed by atoms with van der Waals surface area (Å²) in [6, 6.07) is 4.94. The molecule has 0 amide bonds. The molecule has 0 saturated carbocycles. The fraction of sp³-hybridized carbons (Fsp3) is 0.333. The summed E-state index contributed by atoms with van der Waals surface area (Å²) in [5.41, 5.74) is 10.4. The number of rotatable bonds is 2. The Hall–Kier alpha value is -1.62. The fourth-order valence-electron chi connectivity index (χ4n) is 1.06. The van der Waals surface area contributed by atoms with Crippen LogP contribution in [0.5, 0.6) is 0 Å². The third-order valence-electron chi connectivity index (χ3n) is 1.91. The minimum Gasteiger partial charge on any atom is -0.467 e. The molecule has 76 valence electrons. The second kappa shape index (κ2) is 3.63. The van der Waals surface area contributed by atoms with Crippen LogP contribution in [-0.2, 0) is 15.1 Å². The van der Waals surface area contributed by atoms with Crippen LogP contribution in [0.2, 0.25) is 0 Å². The molecular formula is C9H13N3O2. The summed E-state index contributed by atoms with van der Waals surface area (Å²) in [5.74, 6) is -0.223. The normalized spacial score (nSPS) is 14.5. The van der Waals surface area contributed by atoms with Crippen molar-refractivity contribution in [2.24, 2.45) is 5.73 Å². The molecule has 1 heterocycles. The van der Waals surface area contributed by atoms with E-state index in [-0.39, 0.29) is 0 Å². The molecule has 1 rings (SSSR count). The van der Waals surface area contributed by atoms with Crippen molar-refractivity contribution in [2.75, 3.05) is 12.8 Å². The number of anilines is 1. The number of methoxy groups -OCH3 is 1. The highest BCUT2D eigenvalue weighted by molar-refractivity contribution is 5.81. The molecule has 5 heteroatoms. The van der Waals surface area contributed by atoms with Gasteiger partial charge in [0, 0.05) is 0 Å². The topological polar surface area (TPSA) is 91.2 Å². The second-order valence-electron chi connectivity index (χ2n) is 3.14. The lowest BCUT2D eigenvalue weighted by Gasteiger charge is -2.20. The lowest BCUT2D eigenvalue weighted by Crippen LogP contribution is -2.43. The van der Waals surface area contributed by atoms with Crippen LogP contribution in [0.3, 0.4) is 0 Å². The third kappa shape index (κ3) is 1.82. The molecule has 14 heavy (non-hydrogen) atoms. The maximum Gasteiger partial charge on any atom is 0.331 e. The maximum atomic E-state index is 11.3. The van der Waals surface area contributed by atoms with Crippen molar-refractivity contribution in [1.29, 1.82) is 0 Å². The van der Waals surface area contributed by atoms with Crippen LogP contribution >= 0.6 is 0 Å². The Bertz CT molecular complexity index is 350. The first-order chi connectivity index (χ1) is 6.48. The number of hydrogen-bond acceptors (Lipinski definition) is 5. The van der Waals surface area contributed by atoms with E-state index in [0.717, 1.165) is 0 Å². The highest BCUT2D eigenvalue weighted by Crippen LogP contribution is 2.17. The molecule has 0 bridgehead atoms. The lowest BCUT2D eigenvalue weighted by molar-refractivity contribution is -0.146. The van der Waals surface area contributed by atoms with Gasteiger partial charge in [0.05, 0.1) is 12.8 Å². The Balaban J connectivity index is 3.09. The molecular weight excluding hydrogens is 182 g/mol. The molecule has 0 aromatic carbocycles. The number of carbonyl (C=O) groups is 1. The van der Waals surface area contributed by atoms with Crippen molar-refractivity contribution in [1.82, 2.24) is 4.98 Å². The molecule has 1 unspecified atom stereocenters. The van der Waals surface area contributed by atoms with Gasteiger partial charge in [-0.2, -0.15) is 0 Å². The zero-order chi connectivity index (χ0) is 10.8. The van der Waals surface area contributed by atoms with Gasteiger partial charge >= 0.3 is 5.97 Å². The molecule has 0 aliphatic rings. The summed E-state index contributed by atoms with van der Waals surface area (Å²) in [4.78, 5) is 15.3. The van der Waals surface area contributed by atoms with Gasteiger partial charge in [0.2, 0.25) is 0 Å². The number of aromatic nitrogens is 1. The van der Waals surface area contributed by atoms with Gasteiger partial charge in [0.25, 0.3) is 0 Å². The quantitative estimate of drug-likeness (QED) is 0.648. The average molecular weight is 195 g/mol. The van der Waals surface area contributed by atoms with E-state index in [0.29, 0.717) is 11.5 Å². The summed E-state index contributed by atoms with van der Waals surface area (Å²) in [5, 5.41) is 0. The molecule has 0 aliphatic heterocycles. The van der Waals surface area contributed by atoms with E-state index >= 15 is 0 Å². The summed E-state index contributed by atoms with van der Waals surface area (Å²) in [6.45, 7) is 1.53. The Morgan fingerprint density at radius 1 is 1.57 bits per heavy atom. The Morgan fingerprint density at radius 3 is 2.71 bits per heavy atom. The summed E-state index contributed by atoms with van der Waals surface area (Å²) in [6.07, 6.45) is 0. The number of esters is 1. The molecule has 1 aromatic heterocycles. The highest BCUT2D eigenvalue weighted by atomic mass is 16.5. The van der Waals surface area contributed by atoms with Gasteiger partial charge in [-0.25, -0.2) is 9.78 Å². The number of nitrogens with zero attached hydrogens (tertiary/aromatic N) is 1. The molecule has 4 N–H and O–H groups in total. The van der Waals surface area contributed by atoms with E-state index in [4.69, 9.17) is 11.5 Å². The Kier molecular flexibility index (Phi) is 2.71. The monoisotopic (exact) mass is 195 g/mol. The van der Waals surface area contributed by atoms with Crippen LogP contribution in [0.15, 0.2) is 18.2 Å². The van der Waals surface area contributed by atoms with Crippen molar-refractivity contribution < 1.29 is 9.53 Å². The molecule has 0 aliphatic carbocycles. The van der Waals surface area contributed by atoms with Crippen molar-refractivity contribution >= 4 is 11.8 Å². The summed E-state index contributed by atoms with van der Waals surface area (Å²) >= 11 is 0. The third-order valence-corrected chi connectivity index (χ3v) is 1.91. The number of pyridine rings is 1. The van der Waals surface area contributed by atoms with E-state index in [9.17, 15) is 4.79 Å².